The van der Waals surface area contributed by atoms with E-state index in [-0.39, 0.29) is 22.1 Å². The Kier molecular flexibility index (Phi) is 5.31. The minimum atomic E-state index is -3.55. The molecular formula is C19H19N5O5S. The van der Waals surface area contributed by atoms with Gasteiger partial charge in [-0.3, -0.25) is 4.79 Å². The number of sulfonamides is 1. The van der Waals surface area contributed by atoms with E-state index in [0.717, 1.165) is 18.5 Å². The summed E-state index contributed by atoms with van der Waals surface area (Å²) >= 11 is 0. The molecule has 1 saturated heterocycles. The fourth-order valence-electron chi connectivity index (χ4n) is 3.16. The molecule has 2 aromatic heterocycles. The van der Waals surface area contributed by atoms with E-state index in [4.69, 9.17) is 4.74 Å². The quantitative estimate of drug-likeness (QED) is 0.424. The number of aromatic nitrogens is 4. The third kappa shape index (κ3) is 3.81. The Morgan fingerprint density at radius 3 is 2.47 bits per heavy atom. The zero-order chi connectivity index (χ0) is 21.3. The van der Waals surface area contributed by atoms with Crippen LogP contribution in [-0.4, -0.2) is 63.8 Å². The summed E-state index contributed by atoms with van der Waals surface area (Å²) in [6.07, 6.45) is 3.24. The van der Waals surface area contributed by atoms with Crippen molar-refractivity contribution >= 4 is 27.6 Å². The number of nitrogens with zero attached hydrogens (tertiary/aromatic N) is 5. The lowest BCUT2D eigenvalue weighted by atomic mass is 10.1. The Balaban J connectivity index is 1.41. The zero-order valence-corrected chi connectivity index (χ0v) is 17.0. The number of aryl methyl sites for hydroxylation is 1. The largest absolute Gasteiger partial charge is 0.451 e. The van der Waals surface area contributed by atoms with Crippen LogP contribution in [0, 0.1) is 6.92 Å². The van der Waals surface area contributed by atoms with E-state index >= 15 is 0 Å². The second-order valence-corrected chi connectivity index (χ2v) is 8.81. The highest BCUT2D eigenvalue weighted by Crippen LogP contribution is 2.21. The molecule has 0 spiro atoms. The molecular weight excluding hydrogens is 410 g/mol. The molecule has 3 aromatic rings. The fraction of sp³-hybridized carbons (Fsp3) is 0.316. The SMILES string of the molecule is Cc1ccnc2nc(C(=O)OCC(=O)c3ccc(S(=O)(=O)N4CCCC4)cc3)nn12. The molecule has 0 radical (unpaired) electrons. The second-order valence-electron chi connectivity index (χ2n) is 6.87. The standard InChI is InChI=1S/C19H19N5O5S/c1-13-8-9-20-19-21-17(22-24(13)19)18(26)29-12-16(25)14-4-6-15(7-5-14)30(27,28)23-10-2-3-11-23/h4-9H,2-3,10-12H2,1H3. The smallest absolute Gasteiger partial charge is 0.378 e. The van der Waals surface area contributed by atoms with Crippen molar-refractivity contribution in [1.82, 2.24) is 23.9 Å². The lowest BCUT2D eigenvalue weighted by Gasteiger charge is -2.15. The van der Waals surface area contributed by atoms with Crippen LogP contribution in [0.2, 0.25) is 0 Å². The van der Waals surface area contributed by atoms with Gasteiger partial charge in [-0.05, 0) is 50.1 Å². The summed E-state index contributed by atoms with van der Waals surface area (Å²) in [5, 5.41) is 4.03. The van der Waals surface area contributed by atoms with Gasteiger partial charge in [-0.2, -0.15) is 9.29 Å². The lowest BCUT2D eigenvalue weighted by Crippen LogP contribution is -2.27. The molecule has 1 aromatic carbocycles. The van der Waals surface area contributed by atoms with Crippen LogP contribution in [0.4, 0.5) is 0 Å². The van der Waals surface area contributed by atoms with E-state index in [9.17, 15) is 18.0 Å². The lowest BCUT2D eigenvalue weighted by molar-refractivity contribution is 0.0463. The van der Waals surface area contributed by atoms with Crippen molar-refractivity contribution in [3.63, 3.8) is 0 Å². The van der Waals surface area contributed by atoms with Gasteiger partial charge in [0.05, 0.1) is 4.90 Å². The molecule has 0 N–H and O–H groups in total. The van der Waals surface area contributed by atoms with Gasteiger partial charge >= 0.3 is 5.97 Å². The van der Waals surface area contributed by atoms with E-state index in [1.165, 1.54) is 33.1 Å². The van der Waals surface area contributed by atoms with Gasteiger partial charge < -0.3 is 4.74 Å². The number of rotatable bonds is 6. The number of ether oxygens (including phenoxy) is 1. The van der Waals surface area contributed by atoms with Gasteiger partial charge in [0.15, 0.2) is 12.4 Å². The molecule has 1 aliphatic rings. The molecule has 1 fully saturated rings. The summed E-state index contributed by atoms with van der Waals surface area (Å²) in [5.41, 5.74) is 0.982. The summed E-state index contributed by atoms with van der Waals surface area (Å²) < 4.78 is 32.9. The van der Waals surface area contributed by atoms with Crippen LogP contribution in [0.15, 0.2) is 41.4 Å². The van der Waals surface area contributed by atoms with E-state index in [2.05, 4.69) is 15.1 Å². The van der Waals surface area contributed by atoms with Gasteiger partial charge in [-0.1, -0.05) is 0 Å². The number of benzene rings is 1. The Hall–Kier alpha value is -3.18. The number of Topliss-reactive ketones (excluding diaryl/α,β-unsaturated/α-hetero) is 1. The van der Waals surface area contributed by atoms with Crippen molar-refractivity contribution in [3.05, 3.63) is 53.6 Å². The Labute approximate surface area is 172 Å². The third-order valence-corrected chi connectivity index (χ3v) is 6.74. The van der Waals surface area contributed by atoms with Crippen LogP contribution >= 0.6 is 0 Å². The van der Waals surface area contributed by atoms with E-state index in [1.54, 1.807) is 19.2 Å². The molecule has 30 heavy (non-hydrogen) atoms. The summed E-state index contributed by atoms with van der Waals surface area (Å²) in [6, 6.07) is 7.32. The Bertz CT molecular complexity index is 1210. The van der Waals surface area contributed by atoms with Crippen LogP contribution in [0.5, 0.6) is 0 Å². The molecule has 156 valence electrons. The number of fused-ring (bicyclic) bond motifs is 1. The minimum absolute atomic E-state index is 0.134. The van der Waals surface area contributed by atoms with E-state index in [0.29, 0.717) is 13.1 Å². The molecule has 0 amide bonds. The highest BCUT2D eigenvalue weighted by atomic mass is 32.2. The topological polar surface area (TPSA) is 124 Å². The summed E-state index contributed by atoms with van der Waals surface area (Å²) in [4.78, 5) is 32.6. The third-order valence-electron chi connectivity index (χ3n) is 4.83. The molecule has 0 atom stereocenters. The Morgan fingerprint density at radius 1 is 1.10 bits per heavy atom. The predicted molar refractivity (Wildman–Crippen MR) is 105 cm³/mol. The van der Waals surface area contributed by atoms with Crippen molar-refractivity contribution in [2.75, 3.05) is 19.7 Å². The van der Waals surface area contributed by atoms with E-state index < -0.39 is 28.4 Å². The maximum atomic E-state index is 12.5. The monoisotopic (exact) mass is 429 g/mol. The minimum Gasteiger partial charge on any atom is -0.451 e. The first-order valence-corrected chi connectivity index (χ1v) is 10.8. The van der Waals surface area contributed by atoms with Gasteiger partial charge in [-0.15, -0.1) is 5.10 Å². The van der Waals surface area contributed by atoms with Crippen molar-refractivity contribution in [2.45, 2.75) is 24.7 Å². The normalized spacial score (nSPS) is 14.8. The van der Waals surface area contributed by atoms with Gasteiger partial charge in [0.2, 0.25) is 10.0 Å². The summed E-state index contributed by atoms with van der Waals surface area (Å²) in [7, 11) is -3.55. The van der Waals surface area contributed by atoms with Crippen LogP contribution in [0.25, 0.3) is 5.78 Å². The van der Waals surface area contributed by atoms with Crippen molar-refractivity contribution in [2.24, 2.45) is 0 Å². The highest BCUT2D eigenvalue weighted by Gasteiger charge is 2.27. The number of esters is 1. The van der Waals surface area contributed by atoms with E-state index in [1.807, 2.05) is 0 Å². The fourth-order valence-corrected chi connectivity index (χ4v) is 4.68. The number of carbonyl (C=O) groups is 2. The average Bonchev–Trinajstić information content (AvgIpc) is 3.43. The first-order chi connectivity index (χ1) is 14.4. The van der Waals surface area contributed by atoms with Crippen LogP contribution in [-0.2, 0) is 14.8 Å². The van der Waals surface area contributed by atoms with Crippen molar-refractivity contribution in [1.29, 1.82) is 0 Å². The summed E-state index contributed by atoms with van der Waals surface area (Å²) in [6.45, 7) is 2.28. The molecule has 0 bridgehead atoms. The number of hydrogen-bond acceptors (Lipinski definition) is 8. The number of ketones is 1. The average molecular weight is 429 g/mol. The van der Waals surface area contributed by atoms with Crippen molar-refractivity contribution < 1.29 is 22.7 Å². The van der Waals surface area contributed by atoms with Gasteiger partial charge in [0.25, 0.3) is 11.6 Å². The Morgan fingerprint density at radius 2 is 1.80 bits per heavy atom. The predicted octanol–water partition coefficient (Wildman–Crippen LogP) is 1.26. The van der Waals surface area contributed by atoms with Crippen LogP contribution in [0.3, 0.4) is 0 Å². The molecule has 3 heterocycles. The molecule has 10 nitrogen and oxygen atoms in total. The number of carbonyl (C=O) groups excluding carboxylic acids is 2. The maximum Gasteiger partial charge on any atom is 0.378 e. The van der Waals surface area contributed by atoms with Gasteiger partial charge in [0, 0.05) is 30.5 Å². The summed E-state index contributed by atoms with van der Waals surface area (Å²) in [5.74, 6) is -1.26. The zero-order valence-electron chi connectivity index (χ0n) is 16.2. The molecule has 0 aliphatic carbocycles. The highest BCUT2D eigenvalue weighted by molar-refractivity contribution is 7.89. The molecule has 0 saturated carbocycles. The van der Waals surface area contributed by atoms with Crippen LogP contribution < -0.4 is 0 Å². The van der Waals surface area contributed by atoms with Gasteiger partial charge in [-0.25, -0.2) is 22.7 Å². The molecule has 0 unspecified atom stereocenters. The molecule has 4 rings (SSSR count). The first kappa shape index (κ1) is 20.1. The first-order valence-electron chi connectivity index (χ1n) is 9.35. The van der Waals surface area contributed by atoms with Crippen molar-refractivity contribution in [3.8, 4) is 0 Å². The molecule has 1 aliphatic heterocycles. The van der Waals surface area contributed by atoms with Gasteiger partial charge in [0.1, 0.15) is 0 Å². The maximum absolute atomic E-state index is 12.5. The van der Waals surface area contributed by atoms with Crippen LogP contribution in [0.1, 0.15) is 39.5 Å². The second kappa shape index (κ2) is 7.92. The number of hydrogen-bond donors (Lipinski definition) is 0. The molecule has 11 heteroatoms.